The Labute approximate surface area is 127 Å². The maximum Gasteiger partial charge on any atom is 0.338 e. The summed E-state index contributed by atoms with van der Waals surface area (Å²) in [5.74, 6) is 1.10. The molecule has 4 nitrogen and oxygen atoms in total. The second-order valence-corrected chi connectivity index (χ2v) is 5.88. The van der Waals surface area contributed by atoms with Crippen molar-refractivity contribution in [3.63, 3.8) is 0 Å². The molecule has 4 heteroatoms. The molecule has 0 heterocycles. The Morgan fingerprint density at radius 3 is 2.76 bits per heavy atom. The summed E-state index contributed by atoms with van der Waals surface area (Å²) in [5.41, 5.74) is 8.11. The molecule has 1 fully saturated rings. The lowest BCUT2D eigenvalue weighted by atomic mass is 9.93. The van der Waals surface area contributed by atoms with E-state index in [4.69, 9.17) is 10.5 Å². The van der Waals surface area contributed by atoms with Gasteiger partial charge in [-0.05, 0) is 49.8 Å². The minimum atomic E-state index is -0.300. The summed E-state index contributed by atoms with van der Waals surface area (Å²) >= 11 is 0. The highest BCUT2D eigenvalue weighted by molar-refractivity contribution is 5.92. The van der Waals surface area contributed by atoms with E-state index in [1.54, 1.807) is 25.1 Å². The highest BCUT2D eigenvalue weighted by atomic mass is 16.5. The van der Waals surface area contributed by atoms with Gasteiger partial charge in [-0.3, -0.25) is 0 Å². The van der Waals surface area contributed by atoms with Crippen LogP contribution in [0.4, 0.5) is 11.4 Å². The van der Waals surface area contributed by atoms with Crippen LogP contribution in [-0.4, -0.2) is 18.6 Å². The van der Waals surface area contributed by atoms with Crippen molar-refractivity contribution in [3.8, 4) is 0 Å². The number of ether oxygens (including phenoxy) is 1. The van der Waals surface area contributed by atoms with E-state index in [-0.39, 0.29) is 5.97 Å². The molecule has 3 N–H and O–H groups in total. The van der Waals surface area contributed by atoms with Crippen molar-refractivity contribution in [1.29, 1.82) is 0 Å². The Bertz CT molecular complexity index is 502. The van der Waals surface area contributed by atoms with Crippen LogP contribution in [0.3, 0.4) is 0 Å². The molecule has 116 valence electrons. The Balaban J connectivity index is 2.12. The minimum Gasteiger partial charge on any atom is -0.462 e. The zero-order chi connectivity index (χ0) is 15.4. The summed E-state index contributed by atoms with van der Waals surface area (Å²) in [6, 6.07) is 5.71. The minimum absolute atomic E-state index is 0.300. The van der Waals surface area contributed by atoms with E-state index in [1.165, 1.54) is 12.8 Å². The van der Waals surface area contributed by atoms with Gasteiger partial charge in [-0.1, -0.05) is 20.3 Å². The predicted molar refractivity (Wildman–Crippen MR) is 86.4 cm³/mol. The molecule has 1 aliphatic rings. The van der Waals surface area contributed by atoms with Crippen molar-refractivity contribution in [3.05, 3.63) is 23.8 Å². The standard InChI is InChI=1S/C17H26N2O2/c1-4-12-7-9-15(11(12)3)19-16-10-13(6-8-14(16)18)17(20)21-5-2/h6,8,10-12,15,19H,4-5,7,9,18H2,1-3H3. The number of anilines is 2. The average Bonchev–Trinajstić information content (AvgIpc) is 2.82. The van der Waals surface area contributed by atoms with Gasteiger partial charge in [-0.15, -0.1) is 0 Å². The first-order chi connectivity index (χ1) is 10.1. The van der Waals surface area contributed by atoms with Crippen LogP contribution in [0.25, 0.3) is 0 Å². The number of carbonyl (C=O) groups is 1. The molecular formula is C17H26N2O2. The maximum atomic E-state index is 11.8. The first-order valence-electron chi connectivity index (χ1n) is 7.90. The molecule has 3 unspecified atom stereocenters. The van der Waals surface area contributed by atoms with Crippen molar-refractivity contribution < 1.29 is 9.53 Å². The van der Waals surface area contributed by atoms with Crippen molar-refractivity contribution in [2.75, 3.05) is 17.7 Å². The van der Waals surface area contributed by atoms with E-state index in [1.807, 2.05) is 0 Å². The van der Waals surface area contributed by atoms with E-state index in [2.05, 4.69) is 19.2 Å². The van der Waals surface area contributed by atoms with Crippen molar-refractivity contribution >= 4 is 17.3 Å². The van der Waals surface area contributed by atoms with Crippen LogP contribution in [0.5, 0.6) is 0 Å². The number of nitrogens with two attached hydrogens (primary N) is 1. The number of hydrogen-bond donors (Lipinski definition) is 2. The van der Waals surface area contributed by atoms with Gasteiger partial charge in [-0.2, -0.15) is 0 Å². The van der Waals surface area contributed by atoms with Crippen LogP contribution in [-0.2, 0) is 4.74 Å². The molecule has 21 heavy (non-hydrogen) atoms. The van der Waals surface area contributed by atoms with Gasteiger partial charge < -0.3 is 15.8 Å². The lowest BCUT2D eigenvalue weighted by Gasteiger charge is -2.23. The molecule has 0 aromatic heterocycles. The summed E-state index contributed by atoms with van der Waals surface area (Å²) < 4.78 is 5.04. The second kappa shape index (κ2) is 6.83. The third-order valence-corrected chi connectivity index (χ3v) is 4.66. The summed E-state index contributed by atoms with van der Waals surface area (Å²) in [4.78, 5) is 11.8. The van der Waals surface area contributed by atoms with Crippen LogP contribution in [0.1, 0.15) is 50.4 Å². The first kappa shape index (κ1) is 15.7. The van der Waals surface area contributed by atoms with Gasteiger partial charge in [0.25, 0.3) is 0 Å². The predicted octanol–water partition coefficient (Wildman–Crippen LogP) is 3.68. The molecule has 0 saturated heterocycles. The SMILES string of the molecule is CCOC(=O)c1ccc(N)c(NC2CCC(CC)C2C)c1. The second-order valence-electron chi connectivity index (χ2n) is 5.88. The lowest BCUT2D eigenvalue weighted by molar-refractivity contribution is 0.0526. The van der Waals surface area contributed by atoms with E-state index in [0.717, 1.165) is 18.0 Å². The van der Waals surface area contributed by atoms with Gasteiger partial charge in [0.2, 0.25) is 0 Å². The summed E-state index contributed by atoms with van der Waals surface area (Å²) in [7, 11) is 0. The van der Waals surface area contributed by atoms with E-state index < -0.39 is 0 Å². The number of rotatable bonds is 5. The Hall–Kier alpha value is -1.71. The topological polar surface area (TPSA) is 64.3 Å². The fourth-order valence-electron chi connectivity index (χ4n) is 3.25. The van der Waals surface area contributed by atoms with E-state index >= 15 is 0 Å². The molecule has 0 radical (unpaired) electrons. The van der Waals surface area contributed by atoms with E-state index in [9.17, 15) is 4.79 Å². The van der Waals surface area contributed by atoms with Gasteiger partial charge in [0, 0.05) is 6.04 Å². The van der Waals surface area contributed by atoms with Gasteiger partial charge in [0.15, 0.2) is 0 Å². The lowest BCUT2D eigenvalue weighted by Crippen LogP contribution is -2.25. The molecular weight excluding hydrogens is 264 g/mol. The molecule has 0 aliphatic heterocycles. The van der Waals surface area contributed by atoms with Crippen LogP contribution in [0.2, 0.25) is 0 Å². The molecule has 0 amide bonds. The molecule has 3 atom stereocenters. The zero-order valence-corrected chi connectivity index (χ0v) is 13.2. The quantitative estimate of drug-likeness (QED) is 0.641. The van der Waals surface area contributed by atoms with Gasteiger partial charge in [0.1, 0.15) is 0 Å². The van der Waals surface area contributed by atoms with Crippen LogP contribution in [0, 0.1) is 11.8 Å². The Morgan fingerprint density at radius 2 is 2.14 bits per heavy atom. The molecule has 1 aliphatic carbocycles. The number of esters is 1. The highest BCUT2D eigenvalue weighted by Gasteiger charge is 2.31. The number of carbonyl (C=O) groups excluding carboxylic acids is 1. The van der Waals surface area contributed by atoms with Gasteiger partial charge >= 0.3 is 5.97 Å². The molecule has 0 spiro atoms. The number of benzene rings is 1. The number of nitrogens with one attached hydrogen (secondary N) is 1. The van der Waals surface area contributed by atoms with Crippen molar-refractivity contribution in [2.45, 2.75) is 46.1 Å². The van der Waals surface area contributed by atoms with Crippen molar-refractivity contribution in [2.24, 2.45) is 11.8 Å². The summed E-state index contributed by atoms with van der Waals surface area (Å²) in [6.45, 7) is 6.73. The summed E-state index contributed by atoms with van der Waals surface area (Å²) in [6.07, 6.45) is 3.63. The fourth-order valence-corrected chi connectivity index (χ4v) is 3.25. The van der Waals surface area contributed by atoms with Crippen LogP contribution in [0.15, 0.2) is 18.2 Å². The molecule has 2 rings (SSSR count). The summed E-state index contributed by atoms with van der Waals surface area (Å²) in [5, 5.41) is 3.53. The third-order valence-electron chi connectivity index (χ3n) is 4.66. The van der Waals surface area contributed by atoms with Gasteiger partial charge in [-0.25, -0.2) is 4.79 Å². The van der Waals surface area contributed by atoms with E-state index in [0.29, 0.717) is 29.8 Å². The zero-order valence-electron chi connectivity index (χ0n) is 13.2. The molecule has 0 bridgehead atoms. The monoisotopic (exact) mass is 290 g/mol. The molecule has 1 saturated carbocycles. The molecule has 1 aromatic carbocycles. The largest absolute Gasteiger partial charge is 0.462 e. The number of hydrogen-bond acceptors (Lipinski definition) is 4. The van der Waals surface area contributed by atoms with Crippen LogP contribution < -0.4 is 11.1 Å². The number of nitrogen functional groups attached to an aromatic ring is 1. The smallest absolute Gasteiger partial charge is 0.338 e. The van der Waals surface area contributed by atoms with Crippen molar-refractivity contribution in [1.82, 2.24) is 0 Å². The Morgan fingerprint density at radius 1 is 1.38 bits per heavy atom. The Kier molecular flexibility index (Phi) is 5.10. The highest BCUT2D eigenvalue weighted by Crippen LogP contribution is 2.36. The maximum absolute atomic E-state index is 11.8. The fraction of sp³-hybridized carbons (Fsp3) is 0.588. The normalized spacial score (nSPS) is 24.8. The van der Waals surface area contributed by atoms with Crippen LogP contribution >= 0.6 is 0 Å². The first-order valence-corrected chi connectivity index (χ1v) is 7.90. The third kappa shape index (κ3) is 3.49. The van der Waals surface area contributed by atoms with Gasteiger partial charge in [0.05, 0.1) is 23.5 Å². The average molecular weight is 290 g/mol. The molecule has 1 aromatic rings.